The van der Waals surface area contributed by atoms with Gasteiger partial charge in [0, 0.05) is 13.0 Å². The van der Waals surface area contributed by atoms with Gasteiger partial charge in [-0.2, -0.15) is 0 Å². The Hall–Kier alpha value is -1.87. The van der Waals surface area contributed by atoms with Gasteiger partial charge in [-0.3, -0.25) is 0 Å². The van der Waals surface area contributed by atoms with Crippen LogP contribution in [0.5, 0.6) is 0 Å². The first kappa shape index (κ1) is 17.2. The van der Waals surface area contributed by atoms with Gasteiger partial charge in [-0.05, 0) is 18.4 Å². The van der Waals surface area contributed by atoms with Crippen molar-refractivity contribution in [3.63, 3.8) is 0 Å². The van der Waals surface area contributed by atoms with Crippen LogP contribution in [0.4, 0.5) is 0 Å². The normalized spacial score (nSPS) is 12.9. The van der Waals surface area contributed by atoms with Gasteiger partial charge in [-0.1, -0.05) is 36.3 Å². The fourth-order valence-corrected chi connectivity index (χ4v) is 1.68. The monoisotopic (exact) mass is 292 g/mol. The van der Waals surface area contributed by atoms with Gasteiger partial charge in [0.05, 0.1) is 13.2 Å². The van der Waals surface area contributed by atoms with Crippen LogP contribution in [0.25, 0.3) is 0 Å². The van der Waals surface area contributed by atoms with Crippen molar-refractivity contribution >= 4 is 5.97 Å². The van der Waals surface area contributed by atoms with Crippen molar-refractivity contribution in [1.82, 2.24) is 0 Å². The average molecular weight is 292 g/mol. The summed E-state index contributed by atoms with van der Waals surface area (Å²) < 4.78 is 14.5. The van der Waals surface area contributed by atoms with Crippen LogP contribution in [-0.2, 0) is 25.4 Å². The van der Waals surface area contributed by atoms with Crippen LogP contribution in [0.2, 0.25) is 0 Å². The van der Waals surface area contributed by atoms with Crippen LogP contribution < -0.4 is 0 Å². The quantitative estimate of drug-likeness (QED) is 0.353. The fraction of sp³-hybridized carbons (Fsp3) is 0.438. The Morgan fingerprint density at radius 2 is 2.00 bits per heavy atom. The molecule has 5 nitrogen and oxygen atoms in total. The van der Waals surface area contributed by atoms with Crippen molar-refractivity contribution in [2.45, 2.75) is 25.0 Å². The zero-order valence-electron chi connectivity index (χ0n) is 12.2. The Kier molecular flexibility index (Phi) is 8.14. The number of aliphatic hydroxyl groups excluding tert-OH is 1. The maximum absolute atomic E-state index is 11.0. The maximum atomic E-state index is 11.0. The number of benzene rings is 1. The molecule has 114 valence electrons. The molecule has 0 fully saturated rings. The van der Waals surface area contributed by atoms with Crippen molar-refractivity contribution in [2.24, 2.45) is 0 Å². The summed E-state index contributed by atoms with van der Waals surface area (Å²) in [6, 6.07) is 9.79. The SMILES string of the molecule is COCO[C@@H](C#CC(=O)OC)[C@@H](O)CCc1ccccc1. The third-order valence-corrected chi connectivity index (χ3v) is 2.79. The first-order valence-electron chi connectivity index (χ1n) is 6.59. The zero-order valence-corrected chi connectivity index (χ0v) is 12.2. The Morgan fingerprint density at radius 1 is 1.29 bits per heavy atom. The molecule has 0 saturated carbocycles. The number of ether oxygens (including phenoxy) is 3. The molecule has 1 aromatic rings. The molecule has 0 aliphatic carbocycles. The van der Waals surface area contributed by atoms with E-state index in [0.29, 0.717) is 12.8 Å². The van der Waals surface area contributed by atoms with E-state index in [1.54, 1.807) is 0 Å². The second-order valence-electron chi connectivity index (χ2n) is 4.35. The van der Waals surface area contributed by atoms with E-state index in [9.17, 15) is 9.90 Å². The van der Waals surface area contributed by atoms with Gasteiger partial charge in [0.15, 0.2) is 0 Å². The molecule has 0 aliphatic rings. The van der Waals surface area contributed by atoms with E-state index in [0.717, 1.165) is 5.56 Å². The van der Waals surface area contributed by atoms with Crippen LogP contribution in [0.1, 0.15) is 12.0 Å². The second kappa shape index (κ2) is 9.94. The summed E-state index contributed by atoms with van der Waals surface area (Å²) in [5.41, 5.74) is 1.11. The second-order valence-corrected chi connectivity index (χ2v) is 4.35. The number of esters is 1. The lowest BCUT2D eigenvalue weighted by Gasteiger charge is -2.18. The van der Waals surface area contributed by atoms with E-state index in [2.05, 4.69) is 16.6 Å². The molecular weight excluding hydrogens is 272 g/mol. The minimum Gasteiger partial charge on any atom is -0.459 e. The predicted molar refractivity (Wildman–Crippen MR) is 77.3 cm³/mol. The molecule has 1 rings (SSSR count). The first-order chi connectivity index (χ1) is 10.2. The third kappa shape index (κ3) is 6.91. The van der Waals surface area contributed by atoms with Crippen LogP contribution in [-0.4, -0.2) is 44.3 Å². The molecule has 0 unspecified atom stereocenters. The van der Waals surface area contributed by atoms with Crippen LogP contribution in [0.3, 0.4) is 0 Å². The summed E-state index contributed by atoms with van der Waals surface area (Å²) in [6.45, 7) is -0.0110. The summed E-state index contributed by atoms with van der Waals surface area (Å²) >= 11 is 0. The fourth-order valence-electron chi connectivity index (χ4n) is 1.68. The smallest absolute Gasteiger partial charge is 0.384 e. The molecule has 0 aliphatic heterocycles. The highest BCUT2D eigenvalue weighted by Crippen LogP contribution is 2.09. The minimum absolute atomic E-state index is 0.0110. The molecule has 5 heteroatoms. The summed E-state index contributed by atoms with van der Waals surface area (Å²) in [6.07, 6.45) is -0.464. The highest BCUT2D eigenvalue weighted by molar-refractivity contribution is 5.88. The van der Waals surface area contributed by atoms with E-state index in [4.69, 9.17) is 9.47 Å². The lowest BCUT2D eigenvalue weighted by Crippen LogP contribution is -2.29. The van der Waals surface area contributed by atoms with Crippen molar-refractivity contribution in [3.8, 4) is 11.8 Å². The molecule has 0 saturated heterocycles. The molecule has 0 spiro atoms. The lowest BCUT2D eigenvalue weighted by molar-refractivity contribution is -0.133. The number of aryl methyl sites for hydroxylation is 1. The molecule has 0 heterocycles. The summed E-state index contributed by atoms with van der Waals surface area (Å²) in [5, 5.41) is 10.1. The van der Waals surface area contributed by atoms with E-state index >= 15 is 0 Å². The van der Waals surface area contributed by atoms with Gasteiger partial charge >= 0.3 is 5.97 Å². The molecule has 21 heavy (non-hydrogen) atoms. The topological polar surface area (TPSA) is 65.0 Å². The number of carbonyl (C=O) groups is 1. The number of methoxy groups -OCH3 is 2. The van der Waals surface area contributed by atoms with Gasteiger partial charge in [-0.25, -0.2) is 4.79 Å². The molecule has 2 atom stereocenters. The summed E-state index contributed by atoms with van der Waals surface area (Å²) in [5.74, 6) is 4.16. The maximum Gasteiger partial charge on any atom is 0.384 e. The van der Waals surface area contributed by atoms with Gasteiger partial charge in [0.25, 0.3) is 0 Å². The summed E-state index contributed by atoms with van der Waals surface area (Å²) in [4.78, 5) is 11.0. The highest BCUT2D eigenvalue weighted by Gasteiger charge is 2.18. The lowest BCUT2D eigenvalue weighted by atomic mass is 10.0. The van der Waals surface area contributed by atoms with Gasteiger partial charge in [0.2, 0.25) is 0 Å². The van der Waals surface area contributed by atoms with Crippen molar-refractivity contribution in [2.75, 3.05) is 21.0 Å². The molecule has 1 aromatic carbocycles. The largest absolute Gasteiger partial charge is 0.459 e. The number of hydrogen-bond acceptors (Lipinski definition) is 5. The molecule has 0 radical (unpaired) electrons. The van der Waals surface area contributed by atoms with E-state index in [1.807, 2.05) is 30.3 Å². The van der Waals surface area contributed by atoms with E-state index < -0.39 is 18.2 Å². The van der Waals surface area contributed by atoms with E-state index in [-0.39, 0.29) is 6.79 Å². The average Bonchev–Trinajstić information content (AvgIpc) is 2.53. The van der Waals surface area contributed by atoms with Gasteiger partial charge in [-0.15, -0.1) is 0 Å². The molecule has 0 bridgehead atoms. The summed E-state index contributed by atoms with van der Waals surface area (Å²) in [7, 11) is 2.72. The Balaban J connectivity index is 2.59. The minimum atomic E-state index is -0.822. The van der Waals surface area contributed by atoms with Crippen LogP contribution in [0, 0.1) is 11.8 Å². The standard InChI is InChI=1S/C16H20O5/c1-19-12-21-15(10-11-16(18)20-2)14(17)9-8-13-6-4-3-5-7-13/h3-7,14-15,17H,8-9,12H2,1-2H3/t14-,15-/m0/s1. The predicted octanol–water partition coefficient (Wildman–Crippen LogP) is 1.15. The number of rotatable bonds is 7. The first-order valence-corrected chi connectivity index (χ1v) is 6.59. The molecule has 1 N–H and O–H groups in total. The zero-order chi connectivity index (χ0) is 15.5. The molecule has 0 amide bonds. The van der Waals surface area contributed by atoms with Crippen LogP contribution >= 0.6 is 0 Å². The number of aliphatic hydroxyl groups is 1. The molecule has 0 aromatic heterocycles. The Labute approximate surface area is 124 Å². The van der Waals surface area contributed by atoms with Crippen molar-refractivity contribution < 1.29 is 24.1 Å². The van der Waals surface area contributed by atoms with Crippen molar-refractivity contribution in [1.29, 1.82) is 0 Å². The Morgan fingerprint density at radius 3 is 2.62 bits per heavy atom. The van der Waals surface area contributed by atoms with Gasteiger partial charge < -0.3 is 19.3 Å². The Bertz CT molecular complexity index is 474. The van der Waals surface area contributed by atoms with Gasteiger partial charge in [0.1, 0.15) is 12.9 Å². The molecular formula is C16H20O5. The number of hydrogen-bond donors (Lipinski definition) is 1. The van der Waals surface area contributed by atoms with Crippen LogP contribution in [0.15, 0.2) is 30.3 Å². The number of carbonyl (C=O) groups excluding carboxylic acids is 1. The van der Waals surface area contributed by atoms with E-state index in [1.165, 1.54) is 14.2 Å². The highest BCUT2D eigenvalue weighted by atomic mass is 16.7. The third-order valence-electron chi connectivity index (χ3n) is 2.79. The van der Waals surface area contributed by atoms with Crippen molar-refractivity contribution in [3.05, 3.63) is 35.9 Å².